The molecule has 3 amide bonds. The largest absolute Gasteiger partial charge is 0.487 e. The normalized spacial score (nSPS) is 16.1. The molecule has 3 heterocycles. The number of halogens is 2. The molecule has 3 atom stereocenters. The predicted octanol–water partition coefficient (Wildman–Crippen LogP) is 8.14. The fourth-order valence-corrected chi connectivity index (χ4v) is 7.27. The summed E-state index contributed by atoms with van der Waals surface area (Å²) in [5.74, 6) is -0.712. The zero-order chi connectivity index (χ0) is 43.4. The zero-order valence-corrected chi connectivity index (χ0v) is 35.2. The number of pyridine rings is 1. The van der Waals surface area contributed by atoms with Crippen molar-refractivity contribution < 1.29 is 38.1 Å². The van der Waals surface area contributed by atoms with Crippen molar-refractivity contribution in [3.8, 4) is 28.7 Å². The van der Waals surface area contributed by atoms with Gasteiger partial charge in [0.25, 0.3) is 5.91 Å². The fraction of sp³-hybridized carbons (Fsp3) is 0.261. The standard InChI is InChI=1S/C46H41Cl2N5O8/c1-46(2,3)61-45(57)53-24-32-22-39-36(51-43(55)40(60-39)30-13-16-34(17-14-30)59-25-33-15-18-35(47)41(48)50-33)20-31(32)21-38(53)42(54)52-37(44(56)58-4)19-26-5-9-28(10-6-26)29-11-7-27(23-49)8-12-29/h5-18,20,22,37-38,40H,19,21,24-25H2,1-4H3,(H,51,55)(H,52,54)/t37-,38?,40?/m0/s1. The van der Waals surface area contributed by atoms with Crippen molar-refractivity contribution in [2.75, 3.05) is 12.4 Å². The highest BCUT2D eigenvalue weighted by atomic mass is 35.5. The van der Waals surface area contributed by atoms with Gasteiger partial charge in [0.2, 0.25) is 12.0 Å². The number of rotatable bonds is 10. The molecule has 4 aromatic carbocycles. The Kier molecular flexibility index (Phi) is 12.5. The van der Waals surface area contributed by atoms with Gasteiger partial charge in [-0.25, -0.2) is 14.6 Å². The Morgan fingerprint density at radius 3 is 2.30 bits per heavy atom. The van der Waals surface area contributed by atoms with Crippen LogP contribution in [0.1, 0.15) is 60.4 Å². The van der Waals surface area contributed by atoms with E-state index in [1.54, 1.807) is 81.4 Å². The third-order valence-corrected chi connectivity index (χ3v) is 10.8. The first kappa shape index (κ1) is 42.5. The number of nitrogens with zero attached hydrogens (tertiary/aromatic N) is 3. The van der Waals surface area contributed by atoms with Crippen LogP contribution in [0.2, 0.25) is 10.2 Å². The van der Waals surface area contributed by atoms with Crippen molar-refractivity contribution in [3.05, 3.63) is 141 Å². The number of hydrogen-bond donors (Lipinski definition) is 2. The maximum Gasteiger partial charge on any atom is 0.411 e. The number of hydrogen-bond acceptors (Lipinski definition) is 10. The summed E-state index contributed by atoms with van der Waals surface area (Å²) in [6.07, 6.45) is -1.53. The van der Waals surface area contributed by atoms with Crippen molar-refractivity contribution in [3.63, 3.8) is 0 Å². The van der Waals surface area contributed by atoms with Gasteiger partial charge in [-0.1, -0.05) is 71.7 Å². The first-order chi connectivity index (χ1) is 29.2. The molecule has 5 aromatic rings. The molecule has 61 heavy (non-hydrogen) atoms. The molecule has 15 heteroatoms. The Labute approximate surface area is 362 Å². The molecule has 1 aromatic heterocycles. The van der Waals surface area contributed by atoms with E-state index in [0.29, 0.717) is 50.2 Å². The molecule has 0 aliphatic carbocycles. The molecule has 2 unspecified atom stereocenters. The lowest BCUT2D eigenvalue weighted by molar-refractivity contribution is -0.145. The lowest BCUT2D eigenvalue weighted by Crippen LogP contribution is -2.56. The minimum absolute atomic E-state index is 0.0169. The first-order valence-electron chi connectivity index (χ1n) is 19.3. The lowest BCUT2D eigenvalue weighted by atomic mass is 9.91. The van der Waals surface area contributed by atoms with Gasteiger partial charge in [0, 0.05) is 18.4 Å². The highest BCUT2D eigenvalue weighted by molar-refractivity contribution is 6.41. The molecule has 0 spiro atoms. The predicted molar refractivity (Wildman–Crippen MR) is 227 cm³/mol. The number of carbonyl (C=O) groups is 4. The van der Waals surface area contributed by atoms with E-state index in [9.17, 15) is 19.2 Å². The van der Waals surface area contributed by atoms with Gasteiger partial charge in [0.05, 0.1) is 41.7 Å². The zero-order valence-electron chi connectivity index (χ0n) is 33.7. The van der Waals surface area contributed by atoms with Gasteiger partial charge >= 0.3 is 12.1 Å². The molecule has 2 aliphatic heterocycles. The molecule has 0 radical (unpaired) electrons. The summed E-state index contributed by atoms with van der Waals surface area (Å²) in [7, 11) is 1.24. The number of aromatic nitrogens is 1. The average Bonchev–Trinajstić information content (AvgIpc) is 3.24. The molecule has 2 aliphatic rings. The van der Waals surface area contributed by atoms with Crippen LogP contribution in [0.25, 0.3) is 11.1 Å². The van der Waals surface area contributed by atoms with E-state index in [0.717, 1.165) is 16.7 Å². The molecule has 13 nitrogen and oxygen atoms in total. The molecule has 7 rings (SSSR count). The van der Waals surface area contributed by atoms with Crippen LogP contribution in [-0.2, 0) is 49.9 Å². The van der Waals surface area contributed by atoms with Crippen molar-refractivity contribution >= 4 is 52.8 Å². The maximum atomic E-state index is 14.2. The van der Waals surface area contributed by atoms with Crippen LogP contribution in [0.15, 0.2) is 97.1 Å². The van der Waals surface area contributed by atoms with Gasteiger partial charge in [-0.2, -0.15) is 5.26 Å². The molecule has 0 saturated carbocycles. The molecule has 0 bridgehead atoms. The van der Waals surface area contributed by atoms with E-state index in [-0.39, 0.29) is 31.1 Å². The summed E-state index contributed by atoms with van der Waals surface area (Å²) in [5.41, 5.74) is 5.26. The highest BCUT2D eigenvalue weighted by Gasteiger charge is 2.40. The highest BCUT2D eigenvalue weighted by Crippen LogP contribution is 2.40. The van der Waals surface area contributed by atoms with Crippen LogP contribution in [0.4, 0.5) is 10.5 Å². The van der Waals surface area contributed by atoms with E-state index in [1.807, 2.05) is 36.4 Å². The summed E-state index contributed by atoms with van der Waals surface area (Å²) >= 11 is 12.0. The third-order valence-electron chi connectivity index (χ3n) is 10.1. The number of amides is 3. The van der Waals surface area contributed by atoms with E-state index in [1.165, 1.54) is 12.0 Å². The number of carbonyl (C=O) groups excluding carboxylic acids is 4. The molecule has 2 N–H and O–H groups in total. The summed E-state index contributed by atoms with van der Waals surface area (Å²) in [4.78, 5) is 60.0. The first-order valence-corrected chi connectivity index (χ1v) is 20.1. The van der Waals surface area contributed by atoms with Crippen molar-refractivity contribution in [1.29, 1.82) is 5.26 Å². The van der Waals surface area contributed by atoms with E-state index >= 15 is 0 Å². The lowest BCUT2D eigenvalue weighted by Gasteiger charge is -2.38. The number of fused-ring (bicyclic) bond motifs is 2. The van der Waals surface area contributed by atoms with Crippen LogP contribution < -0.4 is 20.1 Å². The Hall–Kier alpha value is -6.62. The fourth-order valence-electron chi connectivity index (χ4n) is 7.00. The number of nitrogens with one attached hydrogen (secondary N) is 2. The van der Waals surface area contributed by atoms with Crippen molar-refractivity contribution in [1.82, 2.24) is 15.2 Å². The summed E-state index contributed by atoms with van der Waals surface area (Å²) < 4.78 is 22.9. The van der Waals surface area contributed by atoms with Crippen LogP contribution >= 0.6 is 23.2 Å². The maximum absolute atomic E-state index is 14.2. The smallest absolute Gasteiger partial charge is 0.411 e. The van der Waals surface area contributed by atoms with Crippen LogP contribution in [0.3, 0.4) is 0 Å². The van der Waals surface area contributed by atoms with E-state index in [2.05, 4.69) is 21.7 Å². The second-order valence-electron chi connectivity index (χ2n) is 15.5. The van der Waals surface area contributed by atoms with Crippen molar-refractivity contribution in [2.24, 2.45) is 0 Å². The Bertz CT molecular complexity index is 2520. The number of anilines is 1. The SMILES string of the molecule is COC(=O)[C@H](Cc1ccc(-c2ccc(C#N)cc2)cc1)NC(=O)C1Cc2cc3c(cc2CN1C(=O)OC(C)(C)C)OC(c1ccc(OCc2ccc(Cl)c(Cl)n2)cc1)C(=O)N3. The van der Waals surface area contributed by atoms with Gasteiger partial charge in [0.1, 0.15) is 40.9 Å². The molecular weight excluding hydrogens is 821 g/mol. The second-order valence-corrected chi connectivity index (χ2v) is 16.3. The topological polar surface area (TPSA) is 169 Å². The molecule has 312 valence electrons. The number of methoxy groups -OCH3 is 1. The third kappa shape index (κ3) is 10.1. The summed E-state index contributed by atoms with van der Waals surface area (Å²) in [6, 6.07) is 28.4. The van der Waals surface area contributed by atoms with Gasteiger partial charge < -0.3 is 29.6 Å². The molecule has 0 fully saturated rings. The van der Waals surface area contributed by atoms with Crippen molar-refractivity contribution in [2.45, 2.75) is 70.6 Å². The number of esters is 1. The van der Waals surface area contributed by atoms with Gasteiger partial charge in [0.15, 0.2) is 0 Å². The van der Waals surface area contributed by atoms with E-state index in [4.69, 9.17) is 47.4 Å². The van der Waals surface area contributed by atoms with Gasteiger partial charge in [-0.05, 0) is 97.1 Å². The number of ether oxygens (including phenoxy) is 4. The van der Waals surface area contributed by atoms with Crippen LogP contribution in [0, 0.1) is 11.3 Å². The number of nitriles is 1. The second kappa shape index (κ2) is 17.9. The Morgan fingerprint density at radius 1 is 0.967 bits per heavy atom. The van der Waals surface area contributed by atoms with Gasteiger partial charge in [-0.3, -0.25) is 14.5 Å². The van der Waals surface area contributed by atoms with Crippen LogP contribution in [0.5, 0.6) is 11.5 Å². The Morgan fingerprint density at radius 2 is 1.66 bits per heavy atom. The minimum Gasteiger partial charge on any atom is -0.487 e. The summed E-state index contributed by atoms with van der Waals surface area (Å²) in [5, 5.41) is 15.4. The van der Waals surface area contributed by atoms with Gasteiger partial charge in [-0.15, -0.1) is 0 Å². The molecule has 0 saturated heterocycles. The Balaban J connectivity index is 1.07. The quantitative estimate of drug-likeness (QED) is 0.103. The monoisotopic (exact) mass is 861 g/mol. The summed E-state index contributed by atoms with van der Waals surface area (Å²) in [6.45, 7) is 5.33. The number of benzene rings is 4. The average molecular weight is 863 g/mol. The van der Waals surface area contributed by atoms with Crippen LogP contribution in [-0.4, -0.2) is 58.6 Å². The minimum atomic E-state index is -1.08. The van der Waals surface area contributed by atoms with E-state index < -0.39 is 47.7 Å². The molecular formula is C46H41Cl2N5O8.